The third kappa shape index (κ3) is 2.87. The van der Waals surface area contributed by atoms with E-state index in [-0.39, 0.29) is 11.9 Å². The van der Waals surface area contributed by atoms with Crippen LogP contribution in [0.15, 0.2) is 36.0 Å². The Morgan fingerprint density at radius 1 is 1.38 bits per heavy atom. The first-order valence-electron chi connectivity index (χ1n) is 5.12. The summed E-state index contributed by atoms with van der Waals surface area (Å²) in [6.07, 6.45) is 1.86. The Labute approximate surface area is 98.2 Å². The summed E-state index contributed by atoms with van der Waals surface area (Å²) in [5, 5.41) is 3.37. The van der Waals surface area contributed by atoms with E-state index < -0.39 is 0 Å². The minimum absolute atomic E-state index is 0.196. The van der Waals surface area contributed by atoms with Crippen LogP contribution in [0.1, 0.15) is 23.4 Å². The number of hydrogen-bond donors (Lipinski definition) is 1. The zero-order valence-corrected chi connectivity index (χ0v) is 9.80. The van der Waals surface area contributed by atoms with Crippen molar-refractivity contribution in [3.05, 3.63) is 52.2 Å². The fraction of sp³-hybridized carbons (Fsp3) is 0.250. The van der Waals surface area contributed by atoms with E-state index in [1.165, 1.54) is 17.0 Å². The van der Waals surface area contributed by atoms with Gasteiger partial charge in [0.2, 0.25) is 0 Å². The highest BCUT2D eigenvalue weighted by Crippen LogP contribution is 2.14. The van der Waals surface area contributed by atoms with Gasteiger partial charge in [-0.25, -0.2) is 4.39 Å². The molecule has 1 N–H and O–H groups in total. The Morgan fingerprint density at radius 2 is 2.12 bits per heavy atom. The third-order valence-corrected chi connectivity index (χ3v) is 3.22. The van der Waals surface area contributed by atoms with Crippen molar-refractivity contribution in [2.75, 3.05) is 0 Å². The monoisotopic (exact) mass is 236 g/mol. The molecule has 0 aliphatic carbocycles. The van der Waals surface area contributed by atoms with E-state index in [0.717, 1.165) is 12.1 Å². The summed E-state index contributed by atoms with van der Waals surface area (Å²) in [4.78, 5) is 5.22. The van der Waals surface area contributed by atoms with Crippen molar-refractivity contribution < 1.29 is 4.39 Å². The predicted molar refractivity (Wildman–Crippen MR) is 63.8 cm³/mol. The SMILES string of the molecule is CC(NCc1cncs1)c1ccc(F)cc1. The van der Waals surface area contributed by atoms with Crippen LogP contribution in [0, 0.1) is 5.82 Å². The number of halogens is 1. The van der Waals surface area contributed by atoms with Gasteiger partial charge in [0, 0.05) is 23.7 Å². The molecule has 1 aromatic heterocycles. The normalized spacial score (nSPS) is 12.6. The average Bonchev–Trinajstić information content (AvgIpc) is 2.80. The van der Waals surface area contributed by atoms with Crippen molar-refractivity contribution in [1.82, 2.24) is 10.3 Å². The van der Waals surface area contributed by atoms with Crippen LogP contribution in [0.3, 0.4) is 0 Å². The molecule has 1 unspecified atom stereocenters. The molecule has 0 bridgehead atoms. The summed E-state index contributed by atoms with van der Waals surface area (Å²) in [6, 6.07) is 6.79. The van der Waals surface area contributed by atoms with Crippen LogP contribution in [0.2, 0.25) is 0 Å². The molecule has 0 saturated carbocycles. The predicted octanol–water partition coefficient (Wildman–Crippen LogP) is 3.13. The molecule has 2 aromatic rings. The van der Waals surface area contributed by atoms with Crippen LogP contribution in [-0.2, 0) is 6.54 Å². The first kappa shape index (κ1) is 11.2. The van der Waals surface area contributed by atoms with Gasteiger partial charge in [-0.3, -0.25) is 4.98 Å². The highest BCUT2D eigenvalue weighted by molar-refractivity contribution is 7.09. The number of nitrogens with zero attached hydrogens (tertiary/aromatic N) is 1. The van der Waals surface area contributed by atoms with Crippen LogP contribution >= 0.6 is 11.3 Å². The highest BCUT2D eigenvalue weighted by Gasteiger charge is 2.05. The zero-order chi connectivity index (χ0) is 11.4. The molecule has 1 heterocycles. The second-order valence-corrected chi connectivity index (χ2v) is 4.59. The van der Waals surface area contributed by atoms with Gasteiger partial charge in [0.15, 0.2) is 0 Å². The van der Waals surface area contributed by atoms with Gasteiger partial charge in [0.1, 0.15) is 5.82 Å². The minimum Gasteiger partial charge on any atom is -0.305 e. The first-order valence-corrected chi connectivity index (χ1v) is 6.00. The molecular weight excluding hydrogens is 223 g/mol. The molecular formula is C12H13FN2S. The van der Waals surface area contributed by atoms with Crippen LogP contribution in [-0.4, -0.2) is 4.98 Å². The van der Waals surface area contributed by atoms with Crippen LogP contribution in [0.25, 0.3) is 0 Å². The van der Waals surface area contributed by atoms with Crippen LogP contribution < -0.4 is 5.32 Å². The van der Waals surface area contributed by atoms with E-state index in [0.29, 0.717) is 0 Å². The molecule has 0 aliphatic rings. The molecule has 1 aromatic carbocycles. The van der Waals surface area contributed by atoms with Gasteiger partial charge in [-0.15, -0.1) is 11.3 Å². The highest BCUT2D eigenvalue weighted by atomic mass is 32.1. The van der Waals surface area contributed by atoms with E-state index in [4.69, 9.17) is 0 Å². The number of nitrogens with one attached hydrogen (secondary N) is 1. The summed E-state index contributed by atoms with van der Waals surface area (Å²) in [5.41, 5.74) is 2.91. The largest absolute Gasteiger partial charge is 0.305 e. The third-order valence-electron chi connectivity index (χ3n) is 2.44. The van der Waals surface area contributed by atoms with E-state index in [1.807, 2.05) is 11.7 Å². The molecule has 2 nitrogen and oxygen atoms in total. The van der Waals surface area contributed by atoms with Crippen molar-refractivity contribution in [2.45, 2.75) is 19.5 Å². The lowest BCUT2D eigenvalue weighted by Gasteiger charge is -2.13. The van der Waals surface area contributed by atoms with Gasteiger partial charge in [0.05, 0.1) is 5.51 Å². The van der Waals surface area contributed by atoms with Gasteiger partial charge in [-0.2, -0.15) is 0 Å². The van der Waals surface area contributed by atoms with Crippen molar-refractivity contribution in [1.29, 1.82) is 0 Å². The zero-order valence-electron chi connectivity index (χ0n) is 8.98. The maximum absolute atomic E-state index is 12.7. The van der Waals surface area contributed by atoms with Crippen molar-refractivity contribution in [2.24, 2.45) is 0 Å². The molecule has 1 atom stereocenters. The topological polar surface area (TPSA) is 24.9 Å². The average molecular weight is 236 g/mol. The standard InChI is InChI=1S/C12H13FN2S/c1-9(10-2-4-11(13)5-3-10)15-7-12-6-14-8-16-12/h2-6,8-9,15H,7H2,1H3. The Hall–Kier alpha value is -1.26. The lowest BCUT2D eigenvalue weighted by Crippen LogP contribution is -2.17. The molecule has 4 heteroatoms. The Bertz CT molecular complexity index is 425. The quantitative estimate of drug-likeness (QED) is 0.882. The molecule has 16 heavy (non-hydrogen) atoms. The summed E-state index contributed by atoms with van der Waals surface area (Å²) < 4.78 is 12.7. The minimum atomic E-state index is -0.196. The lowest BCUT2D eigenvalue weighted by atomic mass is 10.1. The first-order chi connectivity index (χ1) is 7.75. The van der Waals surface area contributed by atoms with Crippen LogP contribution in [0.5, 0.6) is 0 Å². The molecule has 0 radical (unpaired) electrons. The number of aromatic nitrogens is 1. The summed E-state index contributed by atoms with van der Waals surface area (Å²) >= 11 is 1.63. The number of rotatable bonds is 4. The smallest absolute Gasteiger partial charge is 0.123 e. The summed E-state index contributed by atoms with van der Waals surface area (Å²) in [5.74, 6) is -0.196. The van der Waals surface area contributed by atoms with Crippen molar-refractivity contribution >= 4 is 11.3 Å². The van der Waals surface area contributed by atoms with Gasteiger partial charge in [0.25, 0.3) is 0 Å². The van der Waals surface area contributed by atoms with Gasteiger partial charge in [-0.05, 0) is 24.6 Å². The second kappa shape index (κ2) is 5.18. The molecule has 2 rings (SSSR count). The maximum atomic E-state index is 12.7. The van der Waals surface area contributed by atoms with E-state index >= 15 is 0 Å². The fourth-order valence-corrected chi connectivity index (χ4v) is 2.00. The Kier molecular flexibility index (Phi) is 3.64. The van der Waals surface area contributed by atoms with Crippen molar-refractivity contribution in [3.63, 3.8) is 0 Å². The summed E-state index contributed by atoms with van der Waals surface area (Å²) in [7, 11) is 0. The van der Waals surface area contributed by atoms with E-state index in [2.05, 4.69) is 17.2 Å². The van der Waals surface area contributed by atoms with Gasteiger partial charge < -0.3 is 5.32 Å². The molecule has 0 spiro atoms. The van der Waals surface area contributed by atoms with Gasteiger partial charge in [-0.1, -0.05) is 12.1 Å². The lowest BCUT2D eigenvalue weighted by molar-refractivity contribution is 0.574. The van der Waals surface area contributed by atoms with Crippen molar-refractivity contribution in [3.8, 4) is 0 Å². The number of benzene rings is 1. The fourth-order valence-electron chi connectivity index (χ4n) is 1.45. The molecule has 0 amide bonds. The number of thiazole rings is 1. The summed E-state index contributed by atoms with van der Waals surface area (Å²) in [6.45, 7) is 2.86. The number of hydrogen-bond acceptors (Lipinski definition) is 3. The molecule has 0 fully saturated rings. The van der Waals surface area contributed by atoms with E-state index in [9.17, 15) is 4.39 Å². The molecule has 84 valence electrons. The molecule has 0 aliphatic heterocycles. The second-order valence-electron chi connectivity index (χ2n) is 3.62. The van der Waals surface area contributed by atoms with Gasteiger partial charge >= 0.3 is 0 Å². The van der Waals surface area contributed by atoms with E-state index in [1.54, 1.807) is 23.5 Å². The Balaban J connectivity index is 1.93. The molecule has 0 saturated heterocycles. The maximum Gasteiger partial charge on any atom is 0.123 e. The van der Waals surface area contributed by atoms with Crippen LogP contribution in [0.4, 0.5) is 4.39 Å². The Morgan fingerprint density at radius 3 is 2.75 bits per heavy atom.